The molecule has 3 nitrogen and oxygen atoms in total. The molecule has 0 unspecified atom stereocenters. The van der Waals surface area contributed by atoms with E-state index >= 15 is 0 Å². The van der Waals surface area contributed by atoms with Crippen LogP contribution in [0.5, 0.6) is 0 Å². The van der Waals surface area contributed by atoms with Crippen molar-refractivity contribution >= 4 is 23.8 Å². The van der Waals surface area contributed by atoms with Crippen molar-refractivity contribution in [2.24, 2.45) is 5.92 Å². The smallest absolute Gasteiger partial charge is 0.226 e. The van der Waals surface area contributed by atoms with Gasteiger partial charge in [-0.15, -0.1) is 0 Å². The second kappa shape index (κ2) is 7.59. The van der Waals surface area contributed by atoms with Crippen LogP contribution in [0.25, 0.3) is 12.2 Å². The van der Waals surface area contributed by atoms with Crippen LogP contribution in [0.1, 0.15) is 35.1 Å². The SMILES string of the molecule is Cc1ccc(/C=C2/CN(C(=O)C3CC3)C/C(=C\c3ccc(C)cc3)C2=O)cc1. The summed E-state index contributed by atoms with van der Waals surface area (Å²) in [6, 6.07) is 16.2. The van der Waals surface area contributed by atoms with Crippen molar-refractivity contribution < 1.29 is 9.59 Å². The van der Waals surface area contributed by atoms with Crippen molar-refractivity contribution in [3.8, 4) is 0 Å². The molecule has 0 N–H and O–H groups in total. The Morgan fingerprint density at radius 3 is 1.64 bits per heavy atom. The number of rotatable bonds is 3. The lowest BCUT2D eigenvalue weighted by Crippen LogP contribution is -2.42. The molecule has 1 saturated carbocycles. The summed E-state index contributed by atoms with van der Waals surface area (Å²) >= 11 is 0. The fourth-order valence-electron chi connectivity index (χ4n) is 3.51. The topological polar surface area (TPSA) is 37.4 Å². The summed E-state index contributed by atoms with van der Waals surface area (Å²) in [5.41, 5.74) is 5.71. The Kier molecular flexibility index (Phi) is 4.99. The number of benzene rings is 2. The van der Waals surface area contributed by atoms with Crippen molar-refractivity contribution in [1.82, 2.24) is 4.90 Å². The van der Waals surface area contributed by atoms with Crippen LogP contribution in [0.4, 0.5) is 0 Å². The van der Waals surface area contributed by atoms with Crippen molar-refractivity contribution in [2.45, 2.75) is 26.7 Å². The Labute approximate surface area is 166 Å². The van der Waals surface area contributed by atoms with Crippen molar-refractivity contribution in [3.63, 3.8) is 0 Å². The number of Topliss-reactive ketones (excluding diaryl/α,β-unsaturated/α-hetero) is 1. The van der Waals surface area contributed by atoms with Gasteiger partial charge in [-0.3, -0.25) is 9.59 Å². The Morgan fingerprint density at radius 2 is 1.25 bits per heavy atom. The third kappa shape index (κ3) is 4.14. The number of likely N-dealkylation sites (tertiary alicyclic amines) is 1. The zero-order valence-electron chi connectivity index (χ0n) is 16.4. The largest absolute Gasteiger partial charge is 0.334 e. The summed E-state index contributed by atoms with van der Waals surface area (Å²) in [7, 11) is 0. The number of piperidine rings is 1. The number of hydrogen-bond acceptors (Lipinski definition) is 2. The van der Waals surface area contributed by atoms with Gasteiger partial charge in [-0.25, -0.2) is 0 Å². The predicted molar refractivity (Wildman–Crippen MR) is 113 cm³/mol. The molecule has 1 aliphatic heterocycles. The average molecular weight is 371 g/mol. The van der Waals surface area contributed by atoms with E-state index in [0.29, 0.717) is 24.2 Å². The first-order chi connectivity index (χ1) is 13.5. The van der Waals surface area contributed by atoms with Gasteiger partial charge in [-0.05, 0) is 50.0 Å². The first-order valence-electron chi connectivity index (χ1n) is 9.87. The Balaban J connectivity index is 1.68. The maximum atomic E-state index is 13.1. The van der Waals surface area contributed by atoms with E-state index in [-0.39, 0.29) is 17.6 Å². The van der Waals surface area contributed by atoms with E-state index in [1.165, 1.54) is 11.1 Å². The lowest BCUT2D eigenvalue weighted by atomic mass is 9.93. The van der Waals surface area contributed by atoms with Crippen LogP contribution in [0, 0.1) is 19.8 Å². The number of hydrogen-bond donors (Lipinski definition) is 0. The van der Waals surface area contributed by atoms with Gasteiger partial charge in [0.1, 0.15) is 0 Å². The molecule has 0 atom stereocenters. The van der Waals surface area contributed by atoms with Crippen molar-refractivity contribution in [2.75, 3.05) is 13.1 Å². The molecule has 2 aromatic carbocycles. The van der Waals surface area contributed by atoms with Gasteiger partial charge in [0.15, 0.2) is 5.78 Å². The molecule has 0 spiro atoms. The van der Waals surface area contributed by atoms with Gasteiger partial charge in [0.25, 0.3) is 0 Å². The number of aryl methyl sites for hydroxylation is 2. The highest BCUT2D eigenvalue weighted by Crippen LogP contribution is 2.33. The fraction of sp³-hybridized carbons (Fsp3) is 0.280. The molecule has 2 fully saturated rings. The summed E-state index contributed by atoms with van der Waals surface area (Å²) < 4.78 is 0. The van der Waals surface area contributed by atoms with Gasteiger partial charge >= 0.3 is 0 Å². The van der Waals surface area contributed by atoms with Crippen LogP contribution in [0.3, 0.4) is 0 Å². The Bertz CT molecular complexity index is 893. The van der Waals surface area contributed by atoms with Gasteiger partial charge in [-0.2, -0.15) is 0 Å². The van der Waals surface area contributed by atoms with E-state index in [9.17, 15) is 9.59 Å². The summed E-state index contributed by atoms with van der Waals surface area (Å²) in [5.74, 6) is 0.368. The fourth-order valence-corrected chi connectivity index (χ4v) is 3.51. The van der Waals surface area contributed by atoms with Crippen molar-refractivity contribution in [3.05, 3.63) is 81.9 Å². The molecule has 2 aliphatic rings. The summed E-state index contributed by atoms with van der Waals surface area (Å²) in [5, 5.41) is 0. The van der Waals surface area contributed by atoms with E-state index in [1.807, 2.05) is 79.4 Å². The lowest BCUT2D eigenvalue weighted by Gasteiger charge is -2.30. The molecule has 0 aromatic heterocycles. The number of nitrogens with zero attached hydrogens (tertiary/aromatic N) is 1. The molecule has 4 rings (SSSR count). The zero-order chi connectivity index (χ0) is 19.7. The van der Waals surface area contributed by atoms with E-state index in [0.717, 1.165) is 24.0 Å². The maximum absolute atomic E-state index is 13.1. The molecule has 0 radical (unpaired) electrons. The number of carbonyl (C=O) groups excluding carboxylic acids is 2. The second-order valence-electron chi connectivity index (χ2n) is 7.96. The zero-order valence-corrected chi connectivity index (χ0v) is 16.4. The molecule has 142 valence electrons. The molecule has 1 amide bonds. The lowest BCUT2D eigenvalue weighted by molar-refractivity contribution is -0.132. The van der Waals surface area contributed by atoms with Crippen LogP contribution in [-0.2, 0) is 9.59 Å². The summed E-state index contributed by atoms with van der Waals surface area (Å²) in [6.07, 6.45) is 5.79. The highest BCUT2D eigenvalue weighted by Gasteiger charge is 2.37. The highest BCUT2D eigenvalue weighted by atomic mass is 16.2. The quantitative estimate of drug-likeness (QED) is 0.740. The second-order valence-corrected chi connectivity index (χ2v) is 7.96. The first kappa shape index (κ1) is 18.4. The molecule has 28 heavy (non-hydrogen) atoms. The van der Waals surface area contributed by atoms with E-state index in [1.54, 1.807) is 0 Å². The third-order valence-corrected chi connectivity index (χ3v) is 5.38. The number of carbonyl (C=O) groups is 2. The summed E-state index contributed by atoms with van der Waals surface area (Å²) in [6.45, 7) is 4.88. The first-order valence-corrected chi connectivity index (χ1v) is 9.87. The van der Waals surface area contributed by atoms with Crippen LogP contribution in [-0.4, -0.2) is 29.7 Å². The standard InChI is InChI=1S/C25H25NO2/c1-17-3-7-19(8-4-17)13-22-15-26(25(28)21-11-12-21)16-23(24(22)27)14-20-9-5-18(2)6-10-20/h3-10,13-14,21H,11-12,15-16H2,1-2H3/b22-13-,23-14+. The maximum Gasteiger partial charge on any atom is 0.226 e. The predicted octanol–water partition coefficient (Wildman–Crippen LogP) is 4.59. The van der Waals surface area contributed by atoms with Gasteiger partial charge < -0.3 is 4.90 Å². The molecular formula is C25H25NO2. The van der Waals surface area contributed by atoms with Gasteiger partial charge in [-0.1, -0.05) is 59.7 Å². The van der Waals surface area contributed by atoms with E-state index in [2.05, 4.69) is 0 Å². The highest BCUT2D eigenvalue weighted by molar-refractivity contribution is 6.15. The molecule has 3 heteroatoms. The van der Waals surface area contributed by atoms with Crippen LogP contribution in [0.15, 0.2) is 59.7 Å². The molecule has 0 bridgehead atoms. The third-order valence-electron chi connectivity index (χ3n) is 5.38. The molecular weight excluding hydrogens is 346 g/mol. The number of ketones is 1. The van der Waals surface area contributed by atoms with Crippen molar-refractivity contribution in [1.29, 1.82) is 0 Å². The average Bonchev–Trinajstić information content (AvgIpc) is 3.53. The van der Waals surface area contributed by atoms with E-state index < -0.39 is 0 Å². The molecule has 1 heterocycles. The van der Waals surface area contributed by atoms with Gasteiger partial charge in [0, 0.05) is 30.2 Å². The minimum atomic E-state index is 0.0426. The van der Waals surface area contributed by atoms with Gasteiger partial charge in [0.05, 0.1) is 0 Å². The summed E-state index contributed by atoms with van der Waals surface area (Å²) in [4.78, 5) is 27.7. The monoisotopic (exact) mass is 371 g/mol. The molecule has 1 aliphatic carbocycles. The normalized spacial score (nSPS) is 20.1. The van der Waals surface area contributed by atoms with E-state index in [4.69, 9.17) is 0 Å². The molecule has 2 aromatic rings. The van der Waals surface area contributed by atoms with Crippen LogP contribution in [0.2, 0.25) is 0 Å². The van der Waals surface area contributed by atoms with Crippen LogP contribution < -0.4 is 0 Å². The number of amides is 1. The Morgan fingerprint density at radius 1 is 0.821 bits per heavy atom. The van der Waals surface area contributed by atoms with Gasteiger partial charge in [0.2, 0.25) is 5.91 Å². The molecule has 1 saturated heterocycles. The minimum absolute atomic E-state index is 0.0426. The Hall–Kier alpha value is -2.94. The minimum Gasteiger partial charge on any atom is -0.334 e. The van der Waals surface area contributed by atoms with Crippen LogP contribution >= 0.6 is 0 Å².